The number of ether oxygens (including phenoxy) is 1. The lowest BCUT2D eigenvalue weighted by atomic mass is 10.1. The predicted molar refractivity (Wildman–Crippen MR) is 104 cm³/mol. The predicted octanol–water partition coefficient (Wildman–Crippen LogP) is 5.11. The van der Waals surface area contributed by atoms with Crippen molar-refractivity contribution in [2.24, 2.45) is 0 Å². The molecule has 0 aliphatic carbocycles. The Kier molecular flexibility index (Phi) is 6.43. The lowest BCUT2D eigenvalue weighted by Gasteiger charge is -2.08. The van der Waals surface area contributed by atoms with Crippen LogP contribution in [0.1, 0.15) is 5.56 Å². The van der Waals surface area contributed by atoms with Crippen molar-refractivity contribution in [3.63, 3.8) is 0 Å². The highest BCUT2D eigenvalue weighted by Crippen LogP contribution is 2.22. The number of nitrogens with one attached hydrogen (secondary N) is 1. The molecular formula is C20H19ClN2O2. The summed E-state index contributed by atoms with van der Waals surface area (Å²) in [5.74, 6) is 0. The Hall–Kier alpha value is -2.98. The van der Waals surface area contributed by atoms with Crippen molar-refractivity contribution in [3.8, 4) is 11.1 Å². The van der Waals surface area contributed by atoms with Gasteiger partial charge in [0.2, 0.25) is 0 Å². The topological polar surface area (TPSA) is 64.3 Å². The number of carbonyl (C=O) groups excluding carboxylic acids is 1. The number of amides is 1. The van der Waals surface area contributed by atoms with Crippen molar-refractivity contribution < 1.29 is 9.53 Å². The molecule has 1 amide bonds. The van der Waals surface area contributed by atoms with E-state index in [1.165, 1.54) is 0 Å². The average Bonchev–Trinajstić information content (AvgIpc) is 2.62. The number of hydrogen-bond donors (Lipinski definition) is 2. The molecule has 4 nitrogen and oxygen atoms in total. The molecule has 0 aliphatic heterocycles. The van der Waals surface area contributed by atoms with Gasteiger partial charge in [-0.2, -0.15) is 0 Å². The molecular weight excluding hydrogens is 336 g/mol. The van der Waals surface area contributed by atoms with Gasteiger partial charge in [-0.15, -0.1) is 12.4 Å². The first-order chi connectivity index (χ1) is 11.7. The molecule has 5 heteroatoms. The number of benzene rings is 3. The lowest BCUT2D eigenvalue weighted by molar-refractivity contribution is 0.155. The summed E-state index contributed by atoms with van der Waals surface area (Å²) >= 11 is 0. The monoisotopic (exact) mass is 354 g/mol. The fraction of sp³-hybridized carbons (Fsp3) is 0.0500. The van der Waals surface area contributed by atoms with Gasteiger partial charge < -0.3 is 10.5 Å². The van der Waals surface area contributed by atoms with E-state index in [9.17, 15) is 4.79 Å². The molecule has 0 spiro atoms. The van der Waals surface area contributed by atoms with Crippen molar-refractivity contribution in [2.45, 2.75) is 6.61 Å². The van der Waals surface area contributed by atoms with Gasteiger partial charge in [0.15, 0.2) is 0 Å². The van der Waals surface area contributed by atoms with Gasteiger partial charge >= 0.3 is 6.09 Å². The Balaban J connectivity index is 0.00000225. The molecule has 0 unspecified atom stereocenters. The highest BCUT2D eigenvalue weighted by molar-refractivity contribution is 5.85. The van der Waals surface area contributed by atoms with Gasteiger partial charge in [0, 0.05) is 11.4 Å². The molecule has 128 valence electrons. The van der Waals surface area contributed by atoms with Crippen LogP contribution in [0.3, 0.4) is 0 Å². The van der Waals surface area contributed by atoms with E-state index in [0.29, 0.717) is 5.69 Å². The molecule has 0 aliphatic rings. The van der Waals surface area contributed by atoms with Crippen LogP contribution >= 0.6 is 12.4 Å². The summed E-state index contributed by atoms with van der Waals surface area (Å²) < 4.78 is 5.20. The summed E-state index contributed by atoms with van der Waals surface area (Å²) in [6.45, 7) is 0.246. The van der Waals surface area contributed by atoms with Crippen molar-refractivity contribution in [1.82, 2.24) is 0 Å². The Morgan fingerprint density at radius 2 is 1.40 bits per heavy atom. The minimum Gasteiger partial charge on any atom is -0.444 e. The van der Waals surface area contributed by atoms with E-state index < -0.39 is 6.09 Å². The average molecular weight is 355 g/mol. The molecule has 0 saturated carbocycles. The Bertz CT molecular complexity index is 803. The molecule has 0 heterocycles. The number of nitrogen functional groups attached to an aromatic ring is 1. The van der Waals surface area contributed by atoms with E-state index in [1.54, 1.807) is 0 Å². The maximum absolute atomic E-state index is 11.8. The van der Waals surface area contributed by atoms with Crippen molar-refractivity contribution in [2.75, 3.05) is 11.1 Å². The van der Waals surface area contributed by atoms with Crippen LogP contribution in [0.4, 0.5) is 16.2 Å². The SMILES string of the molecule is Cl.Nc1ccc(-c2ccc(NC(=O)OCc3ccccc3)cc2)cc1. The quantitative estimate of drug-likeness (QED) is 0.640. The van der Waals surface area contributed by atoms with Crippen LogP contribution in [0.2, 0.25) is 0 Å². The van der Waals surface area contributed by atoms with E-state index in [0.717, 1.165) is 22.4 Å². The van der Waals surface area contributed by atoms with Crippen molar-refractivity contribution in [3.05, 3.63) is 84.4 Å². The van der Waals surface area contributed by atoms with Crippen LogP contribution < -0.4 is 11.1 Å². The van der Waals surface area contributed by atoms with Crippen LogP contribution in [-0.4, -0.2) is 6.09 Å². The largest absolute Gasteiger partial charge is 0.444 e. The highest BCUT2D eigenvalue weighted by Gasteiger charge is 2.04. The lowest BCUT2D eigenvalue weighted by Crippen LogP contribution is -2.13. The first kappa shape index (κ1) is 18.4. The van der Waals surface area contributed by atoms with Crippen LogP contribution in [0.5, 0.6) is 0 Å². The van der Waals surface area contributed by atoms with Gasteiger partial charge in [0.05, 0.1) is 0 Å². The molecule has 0 saturated heterocycles. The minimum absolute atomic E-state index is 0. The summed E-state index contributed by atoms with van der Waals surface area (Å²) in [5.41, 5.74) is 10.2. The normalized spacial score (nSPS) is 9.76. The summed E-state index contributed by atoms with van der Waals surface area (Å²) in [6.07, 6.45) is -0.473. The van der Waals surface area contributed by atoms with Crippen LogP contribution in [0.15, 0.2) is 78.9 Å². The molecule has 0 fully saturated rings. The third kappa shape index (κ3) is 5.26. The van der Waals surface area contributed by atoms with Crippen LogP contribution in [-0.2, 0) is 11.3 Å². The number of carbonyl (C=O) groups is 1. The summed E-state index contributed by atoms with van der Waals surface area (Å²) in [6, 6.07) is 24.8. The van der Waals surface area contributed by atoms with Gasteiger partial charge in [0.25, 0.3) is 0 Å². The number of nitrogens with two attached hydrogens (primary N) is 1. The summed E-state index contributed by atoms with van der Waals surface area (Å²) in [5, 5.41) is 2.72. The number of anilines is 2. The highest BCUT2D eigenvalue weighted by atomic mass is 35.5. The third-order valence-electron chi connectivity index (χ3n) is 3.59. The zero-order chi connectivity index (χ0) is 16.8. The second-order valence-electron chi connectivity index (χ2n) is 5.39. The Morgan fingerprint density at radius 3 is 2.00 bits per heavy atom. The summed E-state index contributed by atoms with van der Waals surface area (Å²) in [4.78, 5) is 11.8. The first-order valence-corrected chi connectivity index (χ1v) is 7.64. The number of hydrogen-bond acceptors (Lipinski definition) is 3. The first-order valence-electron chi connectivity index (χ1n) is 7.64. The van der Waals surface area contributed by atoms with Crippen LogP contribution in [0, 0.1) is 0 Å². The van der Waals surface area contributed by atoms with E-state index >= 15 is 0 Å². The standard InChI is InChI=1S/C20H18N2O2.ClH/c21-18-10-6-16(7-11-18)17-8-12-19(13-9-17)22-20(23)24-14-15-4-2-1-3-5-15;/h1-13H,14,21H2,(H,22,23);1H. The molecule has 0 bridgehead atoms. The molecule has 3 aromatic carbocycles. The third-order valence-corrected chi connectivity index (χ3v) is 3.59. The number of halogens is 1. The Labute approximate surface area is 153 Å². The Morgan fingerprint density at radius 1 is 0.840 bits per heavy atom. The van der Waals surface area contributed by atoms with Crippen molar-refractivity contribution in [1.29, 1.82) is 0 Å². The van der Waals surface area contributed by atoms with E-state index in [1.807, 2.05) is 78.9 Å². The molecule has 3 N–H and O–H groups in total. The van der Waals surface area contributed by atoms with Gasteiger partial charge in [-0.25, -0.2) is 4.79 Å². The molecule has 25 heavy (non-hydrogen) atoms. The smallest absolute Gasteiger partial charge is 0.411 e. The van der Waals surface area contributed by atoms with Crippen molar-refractivity contribution >= 4 is 29.9 Å². The van der Waals surface area contributed by atoms with E-state index in [2.05, 4.69) is 5.32 Å². The fourth-order valence-corrected chi connectivity index (χ4v) is 2.30. The second-order valence-corrected chi connectivity index (χ2v) is 5.39. The van der Waals surface area contributed by atoms with Crippen LogP contribution in [0.25, 0.3) is 11.1 Å². The zero-order valence-corrected chi connectivity index (χ0v) is 14.3. The van der Waals surface area contributed by atoms with Gasteiger partial charge in [0.1, 0.15) is 6.61 Å². The molecule has 0 aromatic heterocycles. The second kappa shape index (κ2) is 8.76. The maximum Gasteiger partial charge on any atom is 0.411 e. The number of rotatable bonds is 4. The van der Waals surface area contributed by atoms with E-state index in [-0.39, 0.29) is 19.0 Å². The molecule has 3 rings (SSSR count). The maximum atomic E-state index is 11.8. The molecule has 3 aromatic rings. The fourth-order valence-electron chi connectivity index (χ4n) is 2.30. The molecule has 0 radical (unpaired) electrons. The van der Waals surface area contributed by atoms with Gasteiger partial charge in [-0.1, -0.05) is 54.6 Å². The molecule has 0 atom stereocenters. The zero-order valence-electron chi connectivity index (χ0n) is 13.5. The van der Waals surface area contributed by atoms with E-state index in [4.69, 9.17) is 10.5 Å². The minimum atomic E-state index is -0.473. The van der Waals surface area contributed by atoms with Gasteiger partial charge in [-0.3, -0.25) is 5.32 Å². The van der Waals surface area contributed by atoms with Gasteiger partial charge in [-0.05, 0) is 41.0 Å². The summed E-state index contributed by atoms with van der Waals surface area (Å²) in [7, 11) is 0.